The predicted molar refractivity (Wildman–Crippen MR) is 103 cm³/mol. The number of halogens is 2. The Labute approximate surface area is 171 Å². The molecule has 1 unspecified atom stereocenters. The highest BCUT2D eigenvalue weighted by Gasteiger charge is 2.36. The van der Waals surface area contributed by atoms with Crippen molar-refractivity contribution in [1.29, 1.82) is 0 Å². The van der Waals surface area contributed by atoms with Gasteiger partial charge in [0.25, 0.3) is 0 Å². The monoisotopic (exact) mass is 418 g/mol. The molecule has 4 rings (SSSR count). The van der Waals surface area contributed by atoms with Crippen LogP contribution in [0, 0.1) is 0 Å². The van der Waals surface area contributed by atoms with E-state index in [1.807, 2.05) is 11.1 Å². The Morgan fingerprint density at radius 1 is 1.11 bits per heavy atom. The molecule has 2 aliphatic heterocycles. The number of piperidine rings is 1. The second-order valence-corrected chi connectivity index (χ2v) is 7.67. The number of carbonyl (C=O) groups is 3. The van der Waals surface area contributed by atoms with Crippen molar-refractivity contribution in [1.82, 2.24) is 10.2 Å². The van der Waals surface area contributed by atoms with Crippen LogP contribution in [0.3, 0.4) is 0 Å². The van der Waals surface area contributed by atoms with Crippen LogP contribution < -0.4 is 5.32 Å². The molecule has 0 radical (unpaired) electrons. The van der Waals surface area contributed by atoms with Crippen molar-refractivity contribution in [2.24, 2.45) is 0 Å². The summed E-state index contributed by atoms with van der Waals surface area (Å²) >= 11 is 12.0. The largest absolute Gasteiger partial charge is 0.484 e. The second kappa shape index (κ2) is 7.45. The first kappa shape index (κ1) is 18.8. The number of hydrogen-bond acceptors (Lipinski definition) is 5. The highest BCUT2D eigenvalue weighted by molar-refractivity contribution is 6.34. The maximum absolute atomic E-state index is 12.4. The SMILES string of the molecule is O=C1CCC(N2C=C3C=CC(=O)C(OCc4cc(Cl)cc(Cl)c4)=C3C2)C(=O)N1. The molecule has 1 aromatic rings. The van der Waals surface area contributed by atoms with Gasteiger partial charge < -0.3 is 9.64 Å². The molecule has 1 fully saturated rings. The number of carbonyl (C=O) groups excluding carboxylic acids is 3. The minimum atomic E-state index is -0.445. The van der Waals surface area contributed by atoms with E-state index in [4.69, 9.17) is 27.9 Å². The zero-order valence-electron chi connectivity index (χ0n) is 14.7. The van der Waals surface area contributed by atoms with Crippen LogP contribution in [0.4, 0.5) is 0 Å². The number of imide groups is 1. The Morgan fingerprint density at radius 3 is 2.57 bits per heavy atom. The number of ether oxygens (including phenoxy) is 1. The maximum Gasteiger partial charge on any atom is 0.249 e. The van der Waals surface area contributed by atoms with E-state index in [2.05, 4.69) is 5.32 Å². The van der Waals surface area contributed by atoms with E-state index in [0.717, 1.165) is 16.7 Å². The van der Waals surface area contributed by atoms with Crippen molar-refractivity contribution >= 4 is 40.8 Å². The summed E-state index contributed by atoms with van der Waals surface area (Å²) in [5, 5.41) is 3.34. The van der Waals surface area contributed by atoms with Crippen LogP contribution in [0.15, 0.2) is 53.5 Å². The molecule has 2 amide bonds. The molecule has 0 aromatic heterocycles. The van der Waals surface area contributed by atoms with Crippen molar-refractivity contribution in [3.63, 3.8) is 0 Å². The smallest absolute Gasteiger partial charge is 0.249 e. The third kappa shape index (κ3) is 3.70. The lowest BCUT2D eigenvalue weighted by Crippen LogP contribution is -2.50. The van der Waals surface area contributed by atoms with E-state index < -0.39 is 6.04 Å². The van der Waals surface area contributed by atoms with Gasteiger partial charge in [0.05, 0.1) is 0 Å². The van der Waals surface area contributed by atoms with E-state index in [9.17, 15) is 14.4 Å². The van der Waals surface area contributed by atoms with Gasteiger partial charge in [-0.3, -0.25) is 19.7 Å². The standard InChI is InChI=1S/C20H16Cl2N2O4/c21-13-5-11(6-14(22)7-13)10-28-19-15-9-24(8-12(15)1-3-17(19)25)16-2-4-18(26)23-20(16)27/h1,3,5-8,16H,2,4,9-10H2,(H,23,26,27). The Balaban J connectivity index is 1.54. The number of ketones is 1. The molecule has 1 N–H and O–H groups in total. The highest BCUT2D eigenvalue weighted by Crippen LogP contribution is 2.33. The number of fused-ring (bicyclic) bond motifs is 1. The quantitative estimate of drug-likeness (QED) is 0.760. The summed E-state index contributed by atoms with van der Waals surface area (Å²) in [7, 11) is 0. The third-order valence-corrected chi connectivity index (χ3v) is 5.26. The minimum Gasteiger partial charge on any atom is -0.484 e. The van der Waals surface area contributed by atoms with Crippen molar-refractivity contribution < 1.29 is 19.1 Å². The fraction of sp³-hybridized carbons (Fsp3) is 0.250. The lowest BCUT2D eigenvalue weighted by molar-refractivity contribution is -0.136. The molecule has 28 heavy (non-hydrogen) atoms. The van der Waals surface area contributed by atoms with Crippen LogP contribution in [0.5, 0.6) is 0 Å². The summed E-state index contributed by atoms with van der Waals surface area (Å²) in [6.45, 7) is 0.508. The molecule has 1 aromatic carbocycles. The zero-order valence-corrected chi connectivity index (χ0v) is 16.2. The van der Waals surface area contributed by atoms with E-state index in [0.29, 0.717) is 29.4 Å². The zero-order chi connectivity index (χ0) is 19.8. The summed E-state index contributed by atoms with van der Waals surface area (Å²) in [5.41, 5.74) is 2.30. The molecule has 3 aliphatic rings. The lowest BCUT2D eigenvalue weighted by atomic mass is 10.00. The number of amides is 2. The molecule has 2 heterocycles. The normalized spacial score (nSPS) is 21.6. The number of nitrogens with zero attached hydrogens (tertiary/aromatic N) is 1. The number of benzene rings is 1. The number of allylic oxidation sites excluding steroid dienone is 2. The Kier molecular flexibility index (Phi) is 5.00. The van der Waals surface area contributed by atoms with Gasteiger partial charge in [-0.1, -0.05) is 23.2 Å². The molecular formula is C20H16Cl2N2O4. The van der Waals surface area contributed by atoms with Crippen molar-refractivity contribution in [2.75, 3.05) is 6.54 Å². The van der Waals surface area contributed by atoms with Gasteiger partial charge in [0.15, 0.2) is 5.76 Å². The lowest BCUT2D eigenvalue weighted by Gasteiger charge is -2.29. The summed E-state index contributed by atoms with van der Waals surface area (Å²) in [5.74, 6) is -0.562. The Morgan fingerprint density at radius 2 is 1.86 bits per heavy atom. The van der Waals surface area contributed by atoms with Crippen LogP contribution in [0.25, 0.3) is 0 Å². The van der Waals surface area contributed by atoms with Gasteiger partial charge in [0.2, 0.25) is 17.6 Å². The molecule has 8 heteroatoms. The molecule has 0 spiro atoms. The van der Waals surface area contributed by atoms with Gasteiger partial charge in [0.1, 0.15) is 12.6 Å². The van der Waals surface area contributed by atoms with E-state index >= 15 is 0 Å². The van der Waals surface area contributed by atoms with E-state index in [1.165, 1.54) is 6.08 Å². The van der Waals surface area contributed by atoms with Crippen molar-refractivity contribution in [3.05, 3.63) is 69.1 Å². The van der Waals surface area contributed by atoms with Gasteiger partial charge in [-0.25, -0.2) is 0 Å². The molecule has 0 saturated carbocycles. The minimum absolute atomic E-state index is 0.143. The van der Waals surface area contributed by atoms with Crippen LogP contribution in [0.1, 0.15) is 18.4 Å². The highest BCUT2D eigenvalue weighted by atomic mass is 35.5. The second-order valence-electron chi connectivity index (χ2n) is 6.80. The molecule has 1 atom stereocenters. The Bertz CT molecular complexity index is 960. The van der Waals surface area contributed by atoms with Gasteiger partial charge >= 0.3 is 0 Å². The average Bonchev–Trinajstić information content (AvgIpc) is 3.04. The third-order valence-electron chi connectivity index (χ3n) is 4.82. The van der Waals surface area contributed by atoms with Crippen LogP contribution >= 0.6 is 23.2 Å². The number of rotatable bonds is 4. The summed E-state index contributed by atoms with van der Waals surface area (Å²) in [4.78, 5) is 37.8. The number of hydrogen-bond donors (Lipinski definition) is 1. The summed E-state index contributed by atoms with van der Waals surface area (Å²) < 4.78 is 5.82. The molecule has 1 aliphatic carbocycles. The average molecular weight is 419 g/mol. The Hall–Kier alpha value is -2.57. The van der Waals surface area contributed by atoms with Crippen LogP contribution in [-0.4, -0.2) is 35.1 Å². The molecule has 6 nitrogen and oxygen atoms in total. The molecule has 144 valence electrons. The first-order valence-corrected chi connectivity index (χ1v) is 9.51. The predicted octanol–water partition coefficient (Wildman–Crippen LogP) is 2.91. The van der Waals surface area contributed by atoms with Gasteiger partial charge in [-0.15, -0.1) is 0 Å². The van der Waals surface area contributed by atoms with Crippen molar-refractivity contribution in [3.8, 4) is 0 Å². The van der Waals surface area contributed by atoms with Gasteiger partial charge in [-0.05, 0) is 47.9 Å². The molecular weight excluding hydrogens is 403 g/mol. The maximum atomic E-state index is 12.4. The molecule has 0 bridgehead atoms. The fourth-order valence-corrected chi connectivity index (χ4v) is 4.09. The molecule has 1 saturated heterocycles. The van der Waals surface area contributed by atoms with Gasteiger partial charge in [-0.2, -0.15) is 0 Å². The van der Waals surface area contributed by atoms with Crippen molar-refractivity contribution in [2.45, 2.75) is 25.5 Å². The van der Waals surface area contributed by atoms with Gasteiger partial charge in [0, 0.05) is 34.8 Å². The first-order valence-electron chi connectivity index (χ1n) is 8.75. The topological polar surface area (TPSA) is 75.7 Å². The summed E-state index contributed by atoms with van der Waals surface area (Å²) in [6.07, 6.45) is 5.73. The number of nitrogens with one attached hydrogen (secondary N) is 1. The van der Waals surface area contributed by atoms with Crippen LogP contribution in [-0.2, 0) is 25.7 Å². The van der Waals surface area contributed by atoms with Crippen LogP contribution in [0.2, 0.25) is 10.0 Å². The van der Waals surface area contributed by atoms with E-state index in [1.54, 1.807) is 24.3 Å². The first-order chi connectivity index (χ1) is 13.4. The van der Waals surface area contributed by atoms with E-state index in [-0.39, 0.29) is 30.0 Å². The summed E-state index contributed by atoms with van der Waals surface area (Å²) in [6, 6.07) is 4.63. The fourth-order valence-electron chi connectivity index (χ4n) is 3.52.